The molecule has 1 fully saturated rings. The summed E-state index contributed by atoms with van der Waals surface area (Å²) in [6.45, 7) is 6.18. The molecule has 3 rings (SSSR count). The molecule has 0 spiro atoms. The molecule has 5 nitrogen and oxygen atoms in total. The maximum Gasteiger partial charge on any atom is 0.161 e. The van der Waals surface area contributed by atoms with Crippen LogP contribution in [0.25, 0.3) is 0 Å². The quantitative estimate of drug-likeness (QED) is 0.612. The SMILES string of the molecule is CCOc1cc(CNCC2CNCC2O)ccc1OCc1ccccc1.Cl. The van der Waals surface area contributed by atoms with E-state index < -0.39 is 0 Å². The molecule has 6 heteroatoms. The molecule has 0 saturated carbocycles. The molecule has 2 unspecified atom stereocenters. The first-order chi connectivity index (χ1) is 12.8. The van der Waals surface area contributed by atoms with E-state index in [9.17, 15) is 5.11 Å². The Bertz CT molecular complexity index is 684. The molecule has 0 radical (unpaired) electrons. The van der Waals surface area contributed by atoms with Crippen LogP contribution in [0.5, 0.6) is 11.5 Å². The van der Waals surface area contributed by atoms with Gasteiger partial charge in [0.2, 0.25) is 0 Å². The third kappa shape index (κ3) is 6.40. The van der Waals surface area contributed by atoms with Crippen LogP contribution in [-0.4, -0.2) is 37.5 Å². The number of aliphatic hydroxyl groups is 1. The number of rotatable bonds is 9. The van der Waals surface area contributed by atoms with Gasteiger partial charge in [-0.15, -0.1) is 12.4 Å². The van der Waals surface area contributed by atoms with E-state index >= 15 is 0 Å². The van der Waals surface area contributed by atoms with Crippen LogP contribution < -0.4 is 20.1 Å². The second-order valence-corrected chi connectivity index (χ2v) is 6.60. The van der Waals surface area contributed by atoms with Crippen LogP contribution in [0.4, 0.5) is 0 Å². The van der Waals surface area contributed by atoms with Crippen molar-refractivity contribution in [1.82, 2.24) is 10.6 Å². The van der Waals surface area contributed by atoms with Crippen LogP contribution in [0.3, 0.4) is 0 Å². The van der Waals surface area contributed by atoms with Crippen molar-refractivity contribution in [2.75, 3.05) is 26.2 Å². The van der Waals surface area contributed by atoms with Crippen LogP contribution in [0.2, 0.25) is 0 Å². The summed E-state index contributed by atoms with van der Waals surface area (Å²) in [5.41, 5.74) is 2.27. The van der Waals surface area contributed by atoms with Crippen molar-refractivity contribution in [2.45, 2.75) is 26.2 Å². The molecule has 1 aliphatic heterocycles. The Morgan fingerprint density at radius 2 is 1.85 bits per heavy atom. The molecule has 1 heterocycles. The molecular weight excluding hydrogens is 364 g/mol. The van der Waals surface area contributed by atoms with E-state index in [-0.39, 0.29) is 24.4 Å². The van der Waals surface area contributed by atoms with Gasteiger partial charge in [-0.25, -0.2) is 0 Å². The van der Waals surface area contributed by atoms with E-state index in [2.05, 4.69) is 16.7 Å². The van der Waals surface area contributed by atoms with Crippen LogP contribution >= 0.6 is 12.4 Å². The summed E-state index contributed by atoms with van der Waals surface area (Å²) in [4.78, 5) is 0. The molecule has 0 aromatic heterocycles. The van der Waals surface area contributed by atoms with Crippen molar-refractivity contribution in [2.24, 2.45) is 5.92 Å². The lowest BCUT2D eigenvalue weighted by atomic mass is 10.1. The zero-order chi connectivity index (χ0) is 18.2. The highest BCUT2D eigenvalue weighted by Gasteiger charge is 2.24. The van der Waals surface area contributed by atoms with Crippen molar-refractivity contribution < 1.29 is 14.6 Å². The topological polar surface area (TPSA) is 62.8 Å². The van der Waals surface area contributed by atoms with E-state index in [4.69, 9.17) is 9.47 Å². The number of ether oxygens (including phenoxy) is 2. The van der Waals surface area contributed by atoms with E-state index in [1.54, 1.807) is 0 Å². The van der Waals surface area contributed by atoms with Gasteiger partial charge in [-0.1, -0.05) is 36.4 Å². The molecule has 0 aliphatic carbocycles. The molecule has 0 amide bonds. The third-order valence-corrected chi connectivity index (χ3v) is 4.58. The predicted octanol–water partition coefficient (Wildman–Crippen LogP) is 2.76. The normalized spacial score (nSPS) is 18.7. The second kappa shape index (κ2) is 11.1. The lowest BCUT2D eigenvalue weighted by Gasteiger charge is -2.16. The minimum Gasteiger partial charge on any atom is -0.490 e. The Kier molecular flexibility index (Phi) is 8.88. The van der Waals surface area contributed by atoms with Gasteiger partial charge in [0.15, 0.2) is 11.5 Å². The van der Waals surface area contributed by atoms with E-state index in [1.807, 2.05) is 49.4 Å². The molecule has 0 bridgehead atoms. The van der Waals surface area contributed by atoms with Crippen molar-refractivity contribution in [3.63, 3.8) is 0 Å². The number of nitrogens with one attached hydrogen (secondary N) is 2. The fourth-order valence-electron chi connectivity index (χ4n) is 3.11. The van der Waals surface area contributed by atoms with Crippen molar-refractivity contribution >= 4 is 12.4 Å². The standard InChI is InChI=1S/C21H28N2O3.ClH/c1-2-25-21-10-17(11-22-12-18-13-23-14-19(18)24)8-9-20(21)26-15-16-6-4-3-5-7-16;/h3-10,18-19,22-24H,2,11-15H2,1H3;1H. The van der Waals surface area contributed by atoms with Gasteiger partial charge < -0.3 is 25.2 Å². The number of aliphatic hydroxyl groups excluding tert-OH is 1. The lowest BCUT2D eigenvalue weighted by Crippen LogP contribution is -2.30. The average molecular weight is 393 g/mol. The molecule has 3 N–H and O–H groups in total. The first-order valence-corrected chi connectivity index (χ1v) is 9.28. The molecular formula is C21H29ClN2O3. The van der Waals surface area contributed by atoms with Gasteiger partial charge in [-0.05, 0) is 30.2 Å². The van der Waals surface area contributed by atoms with Crippen LogP contribution in [0.15, 0.2) is 48.5 Å². The first-order valence-electron chi connectivity index (χ1n) is 9.28. The highest BCUT2D eigenvalue weighted by atomic mass is 35.5. The van der Waals surface area contributed by atoms with Gasteiger partial charge >= 0.3 is 0 Å². The monoisotopic (exact) mass is 392 g/mol. The fraction of sp³-hybridized carbons (Fsp3) is 0.429. The molecule has 2 atom stereocenters. The van der Waals surface area contributed by atoms with Gasteiger partial charge in [0.25, 0.3) is 0 Å². The highest BCUT2D eigenvalue weighted by Crippen LogP contribution is 2.29. The minimum atomic E-state index is -0.254. The fourth-order valence-corrected chi connectivity index (χ4v) is 3.11. The maximum absolute atomic E-state index is 9.85. The highest BCUT2D eigenvalue weighted by molar-refractivity contribution is 5.85. The summed E-state index contributed by atoms with van der Waals surface area (Å²) in [7, 11) is 0. The number of hydrogen-bond donors (Lipinski definition) is 3. The zero-order valence-corrected chi connectivity index (χ0v) is 16.5. The summed E-state index contributed by atoms with van der Waals surface area (Å²) < 4.78 is 11.7. The van der Waals surface area contributed by atoms with Crippen molar-refractivity contribution in [3.05, 3.63) is 59.7 Å². The van der Waals surface area contributed by atoms with Gasteiger partial charge in [-0.2, -0.15) is 0 Å². The number of β-amino-alcohol motifs (C(OH)–C–C–N with tert-alkyl or cyclic N) is 1. The van der Waals surface area contributed by atoms with Crippen molar-refractivity contribution in [3.8, 4) is 11.5 Å². The lowest BCUT2D eigenvalue weighted by molar-refractivity contribution is 0.146. The van der Waals surface area contributed by atoms with E-state index in [0.29, 0.717) is 19.8 Å². The van der Waals surface area contributed by atoms with Gasteiger partial charge in [0, 0.05) is 32.1 Å². The van der Waals surface area contributed by atoms with Crippen LogP contribution in [-0.2, 0) is 13.2 Å². The summed E-state index contributed by atoms with van der Waals surface area (Å²) in [5, 5.41) is 16.5. The molecule has 148 valence electrons. The molecule has 27 heavy (non-hydrogen) atoms. The van der Waals surface area contributed by atoms with Crippen LogP contribution in [0, 0.1) is 5.92 Å². The second-order valence-electron chi connectivity index (χ2n) is 6.60. The Labute approximate surface area is 167 Å². The van der Waals surface area contributed by atoms with Crippen molar-refractivity contribution in [1.29, 1.82) is 0 Å². The Morgan fingerprint density at radius 3 is 2.56 bits per heavy atom. The summed E-state index contributed by atoms with van der Waals surface area (Å²) in [6, 6.07) is 16.2. The van der Waals surface area contributed by atoms with Crippen LogP contribution in [0.1, 0.15) is 18.1 Å². The third-order valence-electron chi connectivity index (χ3n) is 4.58. The summed E-state index contributed by atoms with van der Waals surface area (Å²) in [6.07, 6.45) is -0.254. The predicted molar refractivity (Wildman–Crippen MR) is 110 cm³/mol. The Hall–Kier alpha value is -1.79. The Balaban J connectivity index is 0.00000261. The smallest absolute Gasteiger partial charge is 0.161 e. The number of benzene rings is 2. The molecule has 2 aromatic carbocycles. The first kappa shape index (κ1) is 21.5. The average Bonchev–Trinajstić information content (AvgIpc) is 3.07. The van der Waals surface area contributed by atoms with E-state index in [0.717, 1.165) is 42.3 Å². The van der Waals surface area contributed by atoms with Gasteiger partial charge in [0.1, 0.15) is 6.61 Å². The molecule has 1 aliphatic rings. The molecule has 1 saturated heterocycles. The maximum atomic E-state index is 9.85. The van der Waals surface area contributed by atoms with E-state index in [1.165, 1.54) is 0 Å². The van der Waals surface area contributed by atoms with Gasteiger partial charge in [-0.3, -0.25) is 0 Å². The molecule has 2 aromatic rings. The summed E-state index contributed by atoms with van der Waals surface area (Å²) in [5.74, 6) is 1.80. The Morgan fingerprint density at radius 1 is 1.04 bits per heavy atom. The number of halogens is 1. The van der Waals surface area contributed by atoms with Gasteiger partial charge in [0.05, 0.1) is 12.7 Å². The summed E-state index contributed by atoms with van der Waals surface area (Å²) >= 11 is 0. The largest absolute Gasteiger partial charge is 0.490 e. The zero-order valence-electron chi connectivity index (χ0n) is 15.7. The minimum absolute atomic E-state index is 0. The number of hydrogen-bond acceptors (Lipinski definition) is 5.